The predicted octanol–water partition coefficient (Wildman–Crippen LogP) is 3.77. The predicted molar refractivity (Wildman–Crippen MR) is 81.1 cm³/mol. The Balaban J connectivity index is 2.48. The molecule has 0 aliphatic rings. The maximum atomic E-state index is 11.8. The molecular weight excluding hydrogens is 360 g/mol. The minimum Gasteiger partial charge on any atom is -0.350 e. The summed E-state index contributed by atoms with van der Waals surface area (Å²) in [6, 6.07) is 3.52. The Bertz CT molecular complexity index is 377. The summed E-state index contributed by atoms with van der Waals surface area (Å²) in [5.41, 5.74) is 0.447. The van der Waals surface area contributed by atoms with Gasteiger partial charge in [0.1, 0.15) is 5.69 Å². The van der Waals surface area contributed by atoms with Crippen molar-refractivity contribution >= 4 is 37.8 Å². The van der Waals surface area contributed by atoms with Gasteiger partial charge in [-0.3, -0.25) is 4.79 Å². The number of amides is 1. The van der Waals surface area contributed by atoms with Crippen molar-refractivity contribution in [2.45, 2.75) is 31.5 Å². The van der Waals surface area contributed by atoms with Crippen molar-refractivity contribution in [2.24, 2.45) is 5.92 Å². The molecule has 1 N–H and O–H groups in total. The van der Waals surface area contributed by atoms with Crippen LogP contribution in [0.5, 0.6) is 0 Å². The third-order valence-electron chi connectivity index (χ3n) is 2.98. The van der Waals surface area contributed by atoms with Gasteiger partial charge in [0.15, 0.2) is 0 Å². The van der Waals surface area contributed by atoms with Crippen molar-refractivity contribution in [3.63, 3.8) is 0 Å². The van der Waals surface area contributed by atoms with E-state index >= 15 is 0 Å². The normalized spacial score (nSPS) is 12.5. The van der Waals surface area contributed by atoms with E-state index in [1.165, 1.54) is 0 Å². The molecule has 0 aromatic carbocycles. The minimum atomic E-state index is -0.127. The SMILES string of the molecule is CCC(CC)C(Br)CNC(=O)c1ccc(Br)cn1. The van der Waals surface area contributed by atoms with Gasteiger partial charge in [-0.25, -0.2) is 4.98 Å². The zero-order chi connectivity index (χ0) is 13.5. The number of rotatable bonds is 6. The molecule has 0 aliphatic carbocycles. The Morgan fingerprint density at radius 3 is 2.56 bits per heavy atom. The second-order valence-electron chi connectivity index (χ2n) is 4.16. The molecule has 0 aliphatic heterocycles. The molecule has 5 heteroatoms. The van der Waals surface area contributed by atoms with Crippen LogP contribution in [0.2, 0.25) is 0 Å². The van der Waals surface area contributed by atoms with Crippen LogP contribution in [0.1, 0.15) is 37.2 Å². The lowest BCUT2D eigenvalue weighted by Gasteiger charge is -2.19. The summed E-state index contributed by atoms with van der Waals surface area (Å²) in [5, 5.41) is 2.90. The summed E-state index contributed by atoms with van der Waals surface area (Å²) in [4.78, 5) is 16.2. The Morgan fingerprint density at radius 2 is 2.06 bits per heavy atom. The van der Waals surface area contributed by atoms with E-state index in [2.05, 4.69) is 56.0 Å². The van der Waals surface area contributed by atoms with Gasteiger partial charge in [-0.1, -0.05) is 42.6 Å². The Kier molecular flexibility index (Phi) is 6.86. The molecule has 1 atom stereocenters. The number of halogens is 2. The maximum absolute atomic E-state index is 11.8. The Labute approximate surface area is 125 Å². The van der Waals surface area contributed by atoms with E-state index in [0.29, 0.717) is 23.0 Å². The van der Waals surface area contributed by atoms with Gasteiger partial charge in [-0.2, -0.15) is 0 Å². The number of carbonyl (C=O) groups excluding carboxylic acids is 1. The van der Waals surface area contributed by atoms with Crippen molar-refractivity contribution in [3.05, 3.63) is 28.5 Å². The van der Waals surface area contributed by atoms with Gasteiger partial charge in [0.05, 0.1) is 0 Å². The zero-order valence-electron chi connectivity index (χ0n) is 10.6. The third kappa shape index (κ3) is 4.69. The number of aromatic nitrogens is 1. The van der Waals surface area contributed by atoms with E-state index in [-0.39, 0.29) is 5.91 Å². The molecule has 0 saturated carbocycles. The molecule has 1 amide bonds. The molecule has 1 aromatic rings. The number of carbonyl (C=O) groups is 1. The van der Waals surface area contributed by atoms with E-state index in [1.54, 1.807) is 12.3 Å². The van der Waals surface area contributed by atoms with Crippen LogP contribution in [-0.2, 0) is 0 Å². The number of pyridine rings is 1. The van der Waals surface area contributed by atoms with Gasteiger partial charge in [0.25, 0.3) is 5.91 Å². The van der Waals surface area contributed by atoms with Crippen LogP contribution >= 0.6 is 31.9 Å². The first-order valence-corrected chi connectivity index (χ1v) is 7.83. The van der Waals surface area contributed by atoms with Crippen LogP contribution < -0.4 is 5.32 Å². The standard InChI is InChI=1S/C13H18Br2N2O/c1-3-9(4-2)11(15)8-17-13(18)12-6-5-10(14)7-16-12/h5-7,9,11H,3-4,8H2,1-2H3,(H,17,18). The summed E-state index contributed by atoms with van der Waals surface area (Å²) in [6.45, 7) is 4.96. The molecule has 18 heavy (non-hydrogen) atoms. The molecule has 0 radical (unpaired) electrons. The van der Waals surface area contributed by atoms with Crippen LogP contribution in [0.25, 0.3) is 0 Å². The highest BCUT2D eigenvalue weighted by Gasteiger charge is 2.16. The number of hydrogen-bond donors (Lipinski definition) is 1. The van der Waals surface area contributed by atoms with E-state index in [0.717, 1.165) is 17.3 Å². The maximum Gasteiger partial charge on any atom is 0.269 e. The van der Waals surface area contributed by atoms with Crippen molar-refractivity contribution in [2.75, 3.05) is 6.54 Å². The summed E-state index contributed by atoms with van der Waals surface area (Å²) >= 11 is 6.93. The van der Waals surface area contributed by atoms with E-state index in [1.807, 2.05) is 6.07 Å². The number of nitrogens with one attached hydrogen (secondary N) is 1. The molecule has 1 unspecified atom stereocenters. The van der Waals surface area contributed by atoms with E-state index in [9.17, 15) is 4.79 Å². The molecule has 0 saturated heterocycles. The molecule has 100 valence electrons. The number of alkyl halides is 1. The fourth-order valence-corrected chi connectivity index (χ4v) is 2.90. The van der Waals surface area contributed by atoms with Crippen molar-refractivity contribution in [1.29, 1.82) is 0 Å². The minimum absolute atomic E-state index is 0.127. The van der Waals surface area contributed by atoms with Crippen LogP contribution in [0, 0.1) is 5.92 Å². The number of hydrogen-bond acceptors (Lipinski definition) is 2. The first-order valence-electron chi connectivity index (χ1n) is 6.12. The smallest absolute Gasteiger partial charge is 0.269 e. The van der Waals surface area contributed by atoms with Crippen LogP contribution in [0.3, 0.4) is 0 Å². The average molecular weight is 378 g/mol. The Morgan fingerprint density at radius 1 is 1.39 bits per heavy atom. The van der Waals surface area contributed by atoms with Gasteiger partial charge in [0.2, 0.25) is 0 Å². The molecular formula is C13H18Br2N2O. The van der Waals surface area contributed by atoms with Gasteiger partial charge >= 0.3 is 0 Å². The molecule has 1 aromatic heterocycles. The molecule has 1 rings (SSSR count). The van der Waals surface area contributed by atoms with Gasteiger partial charge in [0, 0.05) is 22.0 Å². The summed E-state index contributed by atoms with van der Waals surface area (Å²) < 4.78 is 0.870. The van der Waals surface area contributed by atoms with Crippen molar-refractivity contribution < 1.29 is 4.79 Å². The fourth-order valence-electron chi connectivity index (χ4n) is 1.76. The fraction of sp³-hybridized carbons (Fsp3) is 0.538. The van der Waals surface area contributed by atoms with Crippen molar-refractivity contribution in [3.8, 4) is 0 Å². The highest BCUT2D eigenvalue weighted by Crippen LogP contribution is 2.19. The third-order valence-corrected chi connectivity index (χ3v) is 4.52. The first-order chi connectivity index (χ1) is 8.58. The largest absolute Gasteiger partial charge is 0.350 e. The molecule has 0 bridgehead atoms. The van der Waals surface area contributed by atoms with Crippen molar-refractivity contribution in [1.82, 2.24) is 10.3 Å². The second kappa shape index (κ2) is 7.89. The van der Waals surface area contributed by atoms with Gasteiger partial charge < -0.3 is 5.32 Å². The van der Waals surface area contributed by atoms with E-state index in [4.69, 9.17) is 0 Å². The Hall–Kier alpha value is -0.420. The monoisotopic (exact) mass is 376 g/mol. The average Bonchev–Trinajstić information content (AvgIpc) is 2.38. The first kappa shape index (κ1) is 15.6. The zero-order valence-corrected chi connectivity index (χ0v) is 13.8. The lowest BCUT2D eigenvalue weighted by Crippen LogP contribution is -2.33. The highest BCUT2D eigenvalue weighted by molar-refractivity contribution is 9.10. The highest BCUT2D eigenvalue weighted by atomic mass is 79.9. The summed E-state index contributed by atoms with van der Waals surface area (Å²) in [6.07, 6.45) is 3.85. The topological polar surface area (TPSA) is 42.0 Å². The summed E-state index contributed by atoms with van der Waals surface area (Å²) in [7, 11) is 0. The molecule has 0 spiro atoms. The lowest BCUT2D eigenvalue weighted by atomic mass is 9.99. The van der Waals surface area contributed by atoms with E-state index < -0.39 is 0 Å². The quantitative estimate of drug-likeness (QED) is 0.766. The van der Waals surface area contributed by atoms with Crippen LogP contribution in [0.4, 0.5) is 0 Å². The molecule has 0 fully saturated rings. The van der Waals surface area contributed by atoms with Gasteiger partial charge in [-0.05, 0) is 34.0 Å². The number of nitrogens with zero attached hydrogens (tertiary/aromatic N) is 1. The molecule has 1 heterocycles. The molecule has 3 nitrogen and oxygen atoms in total. The van der Waals surface area contributed by atoms with Crippen LogP contribution in [0.15, 0.2) is 22.8 Å². The lowest BCUT2D eigenvalue weighted by molar-refractivity contribution is 0.0947. The van der Waals surface area contributed by atoms with Crippen LogP contribution in [-0.4, -0.2) is 22.3 Å². The summed E-state index contributed by atoms with van der Waals surface area (Å²) in [5.74, 6) is 0.459. The van der Waals surface area contributed by atoms with Gasteiger partial charge in [-0.15, -0.1) is 0 Å². The second-order valence-corrected chi connectivity index (χ2v) is 6.26.